The molecule has 7 nitrogen and oxygen atoms in total. The first-order valence-corrected chi connectivity index (χ1v) is 9.11. The van der Waals surface area contributed by atoms with Gasteiger partial charge in [0, 0.05) is 18.0 Å². The van der Waals surface area contributed by atoms with Crippen molar-refractivity contribution in [2.75, 3.05) is 10.6 Å². The molecule has 0 saturated heterocycles. The van der Waals surface area contributed by atoms with Crippen LogP contribution in [0.1, 0.15) is 5.69 Å². The van der Waals surface area contributed by atoms with Crippen molar-refractivity contribution in [1.29, 1.82) is 0 Å². The maximum Gasteiger partial charge on any atom is 0.323 e. The third kappa shape index (κ3) is 4.44. The Labute approximate surface area is 170 Å². The van der Waals surface area contributed by atoms with Gasteiger partial charge in [-0.15, -0.1) is 0 Å². The molecule has 0 radical (unpaired) electrons. The van der Waals surface area contributed by atoms with Crippen LogP contribution in [-0.2, 0) is 6.61 Å². The van der Waals surface area contributed by atoms with Crippen LogP contribution in [0.25, 0.3) is 5.65 Å². The van der Waals surface area contributed by atoms with Crippen LogP contribution < -0.4 is 20.9 Å². The van der Waals surface area contributed by atoms with E-state index in [4.69, 9.17) is 4.74 Å². The standard InChI is InChI=1S/C22H17FN4O3/c23-18-5-1-2-6-19(18)26-22(29)25-15-8-10-17(11-9-15)30-14-16-13-21(28)27-12-4-3-7-20(27)24-16/h1-13H,14H2,(H2,25,26,29). The van der Waals surface area contributed by atoms with E-state index in [1.54, 1.807) is 60.8 Å². The van der Waals surface area contributed by atoms with Gasteiger partial charge in [-0.05, 0) is 48.5 Å². The number of aromatic nitrogens is 2. The first-order chi connectivity index (χ1) is 14.6. The molecule has 0 aliphatic carbocycles. The molecule has 0 fully saturated rings. The number of anilines is 2. The zero-order valence-corrected chi connectivity index (χ0v) is 15.7. The zero-order chi connectivity index (χ0) is 20.9. The number of ether oxygens (including phenoxy) is 1. The fraction of sp³-hybridized carbons (Fsp3) is 0.0455. The average Bonchev–Trinajstić information content (AvgIpc) is 2.75. The Morgan fingerprint density at radius 1 is 1.00 bits per heavy atom. The molecule has 2 heterocycles. The Morgan fingerprint density at radius 2 is 1.77 bits per heavy atom. The van der Waals surface area contributed by atoms with Crippen LogP contribution in [-0.4, -0.2) is 15.4 Å². The van der Waals surface area contributed by atoms with Crippen molar-refractivity contribution in [3.05, 3.63) is 101 Å². The number of carbonyl (C=O) groups excluding carboxylic acids is 1. The van der Waals surface area contributed by atoms with Crippen LogP contribution in [0.15, 0.2) is 83.8 Å². The second-order valence-electron chi connectivity index (χ2n) is 6.39. The molecule has 2 amide bonds. The minimum Gasteiger partial charge on any atom is -0.487 e. The first-order valence-electron chi connectivity index (χ1n) is 9.11. The Kier molecular flexibility index (Phi) is 5.38. The number of urea groups is 1. The molecule has 2 aromatic carbocycles. The highest BCUT2D eigenvalue weighted by atomic mass is 19.1. The summed E-state index contributed by atoms with van der Waals surface area (Å²) in [5, 5.41) is 5.06. The molecule has 2 N–H and O–H groups in total. The van der Waals surface area contributed by atoms with Gasteiger partial charge >= 0.3 is 6.03 Å². The van der Waals surface area contributed by atoms with Gasteiger partial charge in [0.1, 0.15) is 23.8 Å². The van der Waals surface area contributed by atoms with E-state index in [-0.39, 0.29) is 17.9 Å². The SMILES string of the molecule is O=C(Nc1ccc(OCc2cc(=O)n3ccccc3n2)cc1)Nc1ccccc1F. The summed E-state index contributed by atoms with van der Waals surface area (Å²) < 4.78 is 20.7. The van der Waals surface area contributed by atoms with Crippen molar-refractivity contribution in [1.82, 2.24) is 9.38 Å². The van der Waals surface area contributed by atoms with Crippen LogP contribution in [0, 0.1) is 5.82 Å². The van der Waals surface area contributed by atoms with Gasteiger partial charge in [-0.2, -0.15) is 0 Å². The Balaban J connectivity index is 1.36. The molecule has 0 aliphatic heterocycles. The van der Waals surface area contributed by atoms with Crippen molar-refractivity contribution in [2.45, 2.75) is 6.61 Å². The number of hydrogen-bond donors (Lipinski definition) is 2. The molecule has 0 atom stereocenters. The van der Waals surface area contributed by atoms with Gasteiger partial charge in [0.15, 0.2) is 0 Å². The minimum absolute atomic E-state index is 0.0914. The normalized spacial score (nSPS) is 10.6. The maximum absolute atomic E-state index is 13.6. The van der Waals surface area contributed by atoms with E-state index in [1.165, 1.54) is 22.6 Å². The molecule has 4 aromatic rings. The number of pyridine rings is 1. The lowest BCUT2D eigenvalue weighted by molar-refractivity contribution is 0.262. The molecule has 0 saturated carbocycles. The summed E-state index contributed by atoms with van der Waals surface area (Å²) in [7, 11) is 0. The van der Waals surface area contributed by atoms with Gasteiger partial charge in [0.25, 0.3) is 5.56 Å². The highest BCUT2D eigenvalue weighted by molar-refractivity contribution is 5.99. The van der Waals surface area contributed by atoms with Crippen LogP contribution in [0.3, 0.4) is 0 Å². The topological polar surface area (TPSA) is 84.7 Å². The van der Waals surface area contributed by atoms with Crippen LogP contribution in [0.4, 0.5) is 20.6 Å². The number of carbonyl (C=O) groups is 1. The summed E-state index contributed by atoms with van der Waals surface area (Å²) in [6, 6.07) is 18.7. The molecule has 0 unspecified atom stereocenters. The summed E-state index contributed by atoms with van der Waals surface area (Å²) >= 11 is 0. The minimum atomic E-state index is -0.561. The van der Waals surface area contributed by atoms with Crippen LogP contribution in [0.2, 0.25) is 0 Å². The van der Waals surface area contributed by atoms with Gasteiger partial charge in [0.2, 0.25) is 0 Å². The lowest BCUT2D eigenvalue weighted by Gasteiger charge is -2.10. The molecule has 0 aliphatic rings. The third-order valence-corrected chi connectivity index (χ3v) is 4.25. The molecule has 30 heavy (non-hydrogen) atoms. The highest BCUT2D eigenvalue weighted by Crippen LogP contribution is 2.18. The van der Waals surface area contributed by atoms with Gasteiger partial charge in [0.05, 0.1) is 11.4 Å². The van der Waals surface area contributed by atoms with Crippen molar-refractivity contribution < 1.29 is 13.9 Å². The molecule has 8 heteroatoms. The number of hydrogen-bond acceptors (Lipinski definition) is 4. The van der Waals surface area contributed by atoms with E-state index < -0.39 is 11.8 Å². The van der Waals surface area contributed by atoms with E-state index in [9.17, 15) is 14.0 Å². The molecule has 2 aromatic heterocycles. The Morgan fingerprint density at radius 3 is 2.57 bits per heavy atom. The van der Waals surface area contributed by atoms with E-state index >= 15 is 0 Å². The third-order valence-electron chi connectivity index (χ3n) is 4.25. The number of halogens is 1. The molecule has 0 bridgehead atoms. The lowest BCUT2D eigenvalue weighted by Crippen LogP contribution is -2.20. The second-order valence-corrected chi connectivity index (χ2v) is 6.39. The van der Waals surface area contributed by atoms with Gasteiger partial charge in [-0.25, -0.2) is 14.2 Å². The van der Waals surface area contributed by atoms with Crippen molar-refractivity contribution in [2.24, 2.45) is 0 Å². The van der Waals surface area contributed by atoms with E-state index in [0.29, 0.717) is 22.8 Å². The van der Waals surface area contributed by atoms with Crippen LogP contribution >= 0.6 is 0 Å². The predicted octanol–water partition coefficient (Wildman–Crippen LogP) is 4.06. The van der Waals surface area contributed by atoms with Gasteiger partial charge in [-0.1, -0.05) is 18.2 Å². The van der Waals surface area contributed by atoms with Crippen molar-refractivity contribution in [3.8, 4) is 5.75 Å². The van der Waals surface area contributed by atoms with Crippen LogP contribution in [0.5, 0.6) is 5.75 Å². The summed E-state index contributed by atoms with van der Waals surface area (Å²) in [5.41, 5.74) is 1.48. The molecular formula is C22H17FN4O3. The summed E-state index contributed by atoms with van der Waals surface area (Å²) in [6.45, 7) is 0.126. The molecule has 0 spiro atoms. The van der Waals surface area contributed by atoms with Gasteiger partial charge in [-0.3, -0.25) is 9.20 Å². The van der Waals surface area contributed by atoms with Crippen molar-refractivity contribution >= 4 is 23.1 Å². The van der Waals surface area contributed by atoms with Crippen molar-refractivity contribution in [3.63, 3.8) is 0 Å². The molecule has 4 rings (SSSR count). The van der Waals surface area contributed by atoms with E-state index in [0.717, 1.165) is 0 Å². The second kappa shape index (κ2) is 8.44. The fourth-order valence-electron chi connectivity index (χ4n) is 2.82. The quantitative estimate of drug-likeness (QED) is 0.525. The largest absolute Gasteiger partial charge is 0.487 e. The molecular weight excluding hydrogens is 387 g/mol. The number of nitrogens with zero attached hydrogens (tertiary/aromatic N) is 2. The maximum atomic E-state index is 13.6. The number of benzene rings is 2. The number of rotatable bonds is 5. The number of para-hydroxylation sites is 1. The highest BCUT2D eigenvalue weighted by Gasteiger charge is 2.07. The summed E-state index contributed by atoms with van der Waals surface area (Å²) in [4.78, 5) is 28.5. The summed E-state index contributed by atoms with van der Waals surface area (Å²) in [6.07, 6.45) is 1.66. The predicted molar refractivity (Wildman–Crippen MR) is 111 cm³/mol. The van der Waals surface area contributed by atoms with Gasteiger partial charge < -0.3 is 15.4 Å². The Bertz CT molecular complexity index is 1260. The number of fused-ring (bicyclic) bond motifs is 1. The number of amides is 2. The fourth-order valence-corrected chi connectivity index (χ4v) is 2.82. The molecule has 150 valence electrons. The zero-order valence-electron chi connectivity index (χ0n) is 15.7. The Hall–Kier alpha value is -4.20. The lowest BCUT2D eigenvalue weighted by atomic mass is 10.3. The monoisotopic (exact) mass is 404 g/mol. The van der Waals surface area contributed by atoms with E-state index in [1.807, 2.05) is 0 Å². The summed E-state index contributed by atoms with van der Waals surface area (Å²) in [5.74, 6) is 0.0310. The first kappa shape index (κ1) is 19.1. The smallest absolute Gasteiger partial charge is 0.323 e. The van der Waals surface area contributed by atoms with E-state index in [2.05, 4.69) is 15.6 Å². The number of nitrogens with one attached hydrogen (secondary N) is 2. The average molecular weight is 404 g/mol.